The fourth-order valence-electron chi connectivity index (χ4n) is 7.83. The number of aliphatic hydroxyl groups excluding tert-OH is 1. The Labute approximate surface area is 278 Å². The van der Waals surface area contributed by atoms with Crippen LogP contribution in [0, 0.1) is 29.6 Å². The van der Waals surface area contributed by atoms with Crippen molar-refractivity contribution < 1.29 is 43.5 Å². The number of carbonyl (C=O) groups is 2. The summed E-state index contributed by atoms with van der Waals surface area (Å²) in [6.07, 6.45) is 13.5. The SMILES string of the molecule is CC[C@H](C)C1O[C@]2(C=C[C@@H]1C)CC1CC(C/C=C(\C)[C@@H](O)[C@@H](C)/C=C/C=C3\COC4[C@H](OC(=O)C5CC5)C(C)=CC(C(=O)O1)[C@]34O)O2. The van der Waals surface area contributed by atoms with Gasteiger partial charge in [0.15, 0.2) is 11.9 Å². The van der Waals surface area contributed by atoms with Crippen molar-refractivity contribution in [3.05, 3.63) is 59.3 Å². The van der Waals surface area contributed by atoms with E-state index >= 15 is 0 Å². The Balaban J connectivity index is 1.38. The first kappa shape index (κ1) is 34.3. The Morgan fingerprint density at radius 2 is 1.87 bits per heavy atom. The van der Waals surface area contributed by atoms with E-state index in [1.807, 2.05) is 32.1 Å². The second kappa shape index (κ2) is 13.4. The summed E-state index contributed by atoms with van der Waals surface area (Å²) in [4.78, 5) is 27.0. The molecule has 258 valence electrons. The topological polar surface area (TPSA) is 121 Å². The number of rotatable bonds is 4. The molecule has 2 N–H and O–H groups in total. The maximum absolute atomic E-state index is 14.3. The molecular weight excluding hydrogens is 600 g/mol. The molecule has 2 aliphatic carbocycles. The molecule has 12 atom stereocenters. The van der Waals surface area contributed by atoms with Gasteiger partial charge in [0, 0.05) is 24.7 Å². The van der Waals surface area contributed by atoms with E-state index < -0.39 is 47.7 Å². The number of esters is 2. The smallest absolute Gasteiger partial charge is 0.316 e. The summed E-state index contributed by atoms with van der Waals surface area (Å²) in [6.45, 7) is 12.2. The molecule has 0 amide bonds. The fraction of sp³-hybridized carbons (Fsp3) is 0.684. The Morgan fingerprint density at radius 1 is 1.11 bits per heavy atom. The van der Waals surface area contributed by atoms with Crippen LogP contribution in [0.2, 0.25) is 0 Å². The number of aliphatic hydroxyl groups is 2. The highest BCUT2D eigenvalue weighted by Gasteiger charge is 2.61. The third-order valence-electron chi connectivity index (χ3n) is 11.2. The molecule has 9 heteroatoms. The van der Waals surface area contributed by atoms with Crippen molar-refractivity contribution in [3.8, 4) is 0 Å². The highest BCUT2D eigenvalue weighted by molar-refractivity contribution is 5.79. The molecule has 0 radical (unpaired) electrons. The molecule has 4 heterocycles. The van der Waals surface area contributed by atoms with Gasteiger partial charge in [-0.2, -0.15) is 0 Å². The van der Waals surface area contributed by atoms with E-state index in [0.29, 0.717) is 36.3 Å². The van der Waals surface area contributed by atoms with Crippen LogP contribution >= 0.6 is 0 Å². The summed E-state index contributed by atoms with van der Waals surface area (Å²) in [5.41, 5.74) is 0.152. The highest BCUT2D eigenvalue weighted by Crippen LogP contribution is 2.48. The van der Waals surface area contributed by atoms with Crippen LogP contribution in [0.15, 0.2) is 59.3 Å². The second-order valence-corrected chi connectivity index (χ2v) is 14.9. The van der Waals surface area contributed by atoms with Gasteiger partial charge in [-0.05, 0) is 61.8 Å². The van der Waals surface area contributed by atoms with E-state index in [-0.39, 0.29) is 42.5 Å². The minimum atomic E-state index is -1.80. The van der Waals surface area contributed by atoms with Crippen molar-refractivity contribution in [2.24, 2.45) is 29.6 Å². The molecule has 6 aliphatic rings. The maximum Gasteiger partial charge on any atom is 0.316 e. The first-order chi connectivity index (χ1) is 22.3. The molecular formula is C38H52O9. The molecule has 3 fully saturated rings. The van der Waals surface area contributed by atoms with E-state index in [0.717, 1.165) is 24.8 Å². The van der Waals surface area contributed by atoms with Gasteiger partial charge in [0.1, 0.15) is 23.7 Å². The van der Waals surface area contributed by atoms with Crippen LogP contribution in [0.1, 0.15) is 80.1 Å². The van der Waals surface area contributed by atoms with Gasteiger partial charge in [-0.15, -0.1) is 0 Å². The molecule has 0 aromatic carbocycles. The minimum Gasteiger partial charge on any atom is -0.462 e. The average molecular weight is 653 g/mol. The van der Waals surface area contributed by atoms with E-state index in [4.69, 9.17) is 23.7 Å². The molecule has 1 saturated carbocycles. The summed E-state index contributed by atoms with van der Waals surface area (Å²) in [5.74, 6) is -2.89. The molecule has 2 saturated heterocycles. The first-order valence-corrected chi connectivity index (χ1v) is 17.6. The zero-order valence-electron chi connectivity index (χ0n) is 28.6. The Kier molecular flexibility index (Phi) is 9.77. The normalized spacial score (nSPS) is 45.8. The van der Waals surface area contributed by atoms with Gasteiger partial charge in [0.05, 0.1) is 30.8 Å². The third-order valence-corrected chi connectivity index (χ3v) is 11.2. The Bertz CT molecular complexity index is 1370. The fourth-order valence-corrected chi connectivity index (χ4v) is 7.83. The minimum absolute atomic E-state index is 0.0556. The summed E-state index contributed by atoms with van der Waals surface area (Å²) < 4.78 is 31.8. The third kappa shape index (κ3) is 6.71. The van der Waals surface area contributed by atoms with E-state index in [2.05, 4.69) is 26.8 Å². The van der Waals surface area contributed by atoms with Crippen LogP contribution in [-0.2, 0) is 33.3 Å². The Hall–Kier alpha value is -2.56. The predicted octanol–water partition coefficient (Wildman–Crippen LogP) is 5.27. The molecule has 1 spiro atoms. The van der Waals surface area contributed by atoms with Gasteiger partial charge in [-0.25, -0.2) is 0 Å². The molecule has 2 bridgehead atoms. The Morgan fingerprint density at radius 3 is 2.60 bits per heavy atom. The van der Waals surface area contributed by atoms with Gasteiger partial charge in [-0.1, -0.05) is 70.6 Å². The summed E-state index contributed by atoms with van der Waals surface area (Å²) >= 11 is 0. The largest absolute Gasteiger partial charge is 0.462 e. The van der Waals surface area contributed by atoms with E-state index in [9.17, 15) is 19.8 Å². The molecule has 6 rings (SSSR count). The zero-order valence-corrected chi connectivity index (χ0v) is 28.6. The monoisotopic (exact) mass is 652 g/mol. The van der Waals surface area contributed by atoms with Gasteiger partial charge >= 0.3 is 11.9 Å². The maximum atomic E-state index is 14.3. The van der Waals surface area contributed by atoms with Crippen molar-refractivity contribution in [3.63, 3.8) is 0 Å². The summed E-state index contributed by atoms with van der Waals surface area (Å²) in [6, 6.07) is 0. The van der Waals surface area contributed by atoms with E-state index in [1.54, 1.807) is 25.2 Å². The highest BCUT2D eigenvalue weighted by atomic mass is 16.7. The van der Waals surface area contributed by atoms with Crippen molar-refractivity contribution in [2.75, 3.05) is 6.61 Å². The lowest BCUT2D eigenvalue weighted by Crippen LogP contribution is -2.59. The van der Waals surface area contributed by atoms with E-state index in [1.165, 1.54) is 0 Å². The van der Waals surface area contributed by atoms with Crippen molar-refractivity contribution in [1.29, 1.82) is 0 Å². The number of hydrogen-bond acceptors (Lipinski definition) is 9. The lowest BCUT2D eigenvalue weighted by Gasteiger charge is -2.48. The molecule has 0 aromatic heterocycles. The standard InChI is InChI=1S/C38H52O9/c1-7-21(2)32-24(5)15-16-37(47-32)19-29-18-28(46-37)14-11-23(4)31(39)22(3)9-8-10-27-20-43-34-33(45-35(40)26-12-13-26)25(6)17-30(36(41)44-29)38(27,34)42/h8-11,15-17,21-22,24,26,28-34,39,42H,7,12-14,18-20H2,1-6H3/b9-8+,23-11+,27-10+/t21-,22-,24-,28?,29?,30?,31-,32?,33+,34?,37+,38+/m0/s1. The van der Waals surface area contributed by atoms with Gasteiger partial charge in [0.25, 0.3) is 0 Å². The average Bonchev–Trinajstić information content (AvgIpc) is 3.84. The van der Waals surface area contributed by atoms with Crippen molar-refractivity contribution in [1.82, 2.24) is 0 Å². The predicted molar refractivity (Wildman–Crippen MR) is 175 cm³/mol. The van der Waals surface area contributed by atoms with Crippen LogP contribution in [0.3, 0.4) is 0 Å². The lowest BCUT2D eigenvalue weighted by atomic mass is 9.70. The zero-order chi connectivity index (χ0) is 33.7. The van der Waals surface area contributed by atoms with Crippen LogP contribution in [0.5, 0.6) is 0 Å². The second-order valence-electron chi connectivity index (χ2n) is 14.9. The van der Waals surface area contributed by atoms with Gasteiger partial charge in [0.2, 0.25) is 0 Å². The molecule has 5 unspecified atom stereocenters. The summed E-state index contributed by atoms with van der Waals surface area (Å²) in [7, 11) is 0. The number of carbonyl (C=O) groups excluding carboxylic acids is 2. The molecule has 4 aliphatic heterocycles. The number of fused-ring (bicyclic) bond motifs is 2. The van der Waals surface area contributed by atoms with Crippen molar-refractivity contribution in [2.45, 2.75) is 128 Å². The first-order valence-electron chi connectivity index (χ1n) is 17.6. The van der Waals surface area contributed by atoms with Crippen LogP contribution in [0.4, 0.5) is 0 Å². The van der Waals surface area contributed by atoms with Crippen molar-refractivity contribution >= 4 is 11.9 Å². The van der Waals surface area contributed by atoms with Gasteiger partial charge in [-0.3, -0.25) is 9.59 Å². The number of hydrogen-bond donors (Lipinski definition) is 2. The lowest BCUT2D eigenvalue weighted by molar-refractivity contribution is -0.300. The quantitative estimate of drug-likeness (QED) is 0.309. The van der Waals surface area contributed by atoms with Crippen LogP contribution < -0.4 is 0 Å². The number of ether oxygens (including phenoxy) is 5. The van der Waals surface area contributed by atoms with Crippen LogP contribution in [-0.4, -0.2) is 76.8 Å². The molecule has 47 heavy (non-hydrogen) atoms. The van der Waals surface area contributed by atoms with Crippen LogP contribution in [0.25, 0.3) is 0 Å². The summed E-state index contributed by atoms with van der Waals surface area (Å²) in [5, 5.41) is 23.7. The van der Waals surface area contributed by atoms with Gasteiger partial charge < -0.3 is 33.9 Å². The molecule has 0 aromatic rings. The molecule has 9 nitrogen and oxygen atoms in total. The number of allylic oxidation sites excluding steroid dienone is 2.